The Bertz CT molecular complexity index is 148. The van der Waals surface area contributed by atoms with E-state index in [9.17, 15) is 0 Å². The molecule has 0 rings (SSSR count). The van der Waals surface area contributed by atoms with Gasteiger partial charge in [-0.25, -0.2) is 0 Å². The molecule has 0 bridgehead atoms. The van der Waals surface area contributed by atoms with Crippen molar-refractivity contribution in [2.75, 3.05) is 66.3 Å². The van der Waals surface area contributed by atoms with Gasteiger partial charge in [-0.15, -0.1) is 0 Å². The molecule has 0 amide bonds. The van der Waals surface area contributed by atoms with Crippen LogP contribution in [0.4, 0.5) is 0 Å². The van der Waals surface area contributed by atoms with Crippen LogP contribution in [0.15, 0.2) is 0 Å². The van der Waals surface area contributed by atoms with Crippen molar-refractivity contribution in [2.24, 2.45) is 0 Å². The molecule has 94 valence electrons. The van der Waals surface area contributed by atoms with Crippen LogP contribution in [-0.4, -0.2) is 66.3 Å². The summed E-state index contributed by atoms with van der Waals surface area (Å²) in [5, 5.41) is 0. The maximum atomic E-state index is 5.21. The Labute approximate surface area is 107 Å². The molecule has 0 aliphatic heterocycles. The second-order valence-electron chi connectivity index (χ2n) is 4.30. The van der Waals surface area contributed by atoms with Crippen molar-refractivity contribution in [3.8, 4) is 0 Å². The van der Waals surface area contributed by atoms with Gasteiger partial charge in [-0.3, -0.25) is 0 Å². The molecule has 3 nitrogen and oxygen atoms in total. The van der Waals surface area contributed by atoms with Crippen molar-refractivity contribution in [3.05, 3.63) is 0 Å². The Balaban J connectivity index is 4.33. The van der Waals surface area contributed by atoms with E-state index in [2.05, 4.69) is 28.7 Å². The summed E-state index contributed by atoms with van der Waals surface area (Å²) in [5.41, 5.74) is 0. The van der Waals surface area contributed by atoms with E-state index < -0.39 is 4.25 Å². The molecule has 0 saturated heterocycles. The topological polar surface area (TPSA) is 27.7 Å². The first-order valence-electron chi connectivity index (χ1n) is 5.16. The van der Waals surface area contributed by atoms with Crippen molar-refractivity contribution >= 4 is 26.3 Å². The Morgan fingerprint density at radius 1 is 0.800 bits per heavy atom. The van der Waals surface area contributed by atoms with Gasteiger partial charge in [-0.1, -0.05) is 0 Å². The van der Waals surface area contributed by atoms with Crippen LogP contribution < -0.4 is 0 Å². The number of hydrogen-bond acceptors (Lipinski definition) is 3. The molecule has 0 radical (unpaired) electrons. The van der Waals surface area contributed by atoms with Gasteiger partial charge < -0.3 is 0 Å². The minimum absolute atomic E-state index is 0.838. The van der Waals surface area contributed by atoms with E-state index >= 15 is 0 Å². The van der Waals surface area contributed by atoms with Crippen LogP contribution in [0.3, 0.4) is 0 Å². The van der Waals surface area contributed by atoms with Gasteiger partial charge in [0.05, 0.1) is 0 Å². The Hall–Kier alpha value is 1.04. The van der Waals surface area contributed by atoms with Crippen molar-refractivity contribution in [1.82, 2.24) is 0 Å². The van der Waals surface area contributed by atoms with Gasteiger partial charge in [0.2, 0.25) is 0 Å². The minimum atomic E-state index is -1.69. The first-order chi connectivity index (χ1) is 6.96. The quantitative estimate of drug-likeness (QED) is 0.472. The zero-order chi connectivity index (χ0) is 11.8. The molecule has 0 heterocycles. The van der Waals surface area contributed by atoms with Crippen LogP contribution in [0, 0.1) is 0 Å². The van der Waals surface area contributed by atoms with E-state index in [1.54, 1.807) is 21.3 Å². The molecule has 0 fully saturated rings. The molecule has 0 aliphatic carbocycles. The van der Waals surface area contributed by atoms with E-state index in [0.29, 0.717) is 0 Å². The van der Waals surface area contributed by atoms with E-state index in [-0.39, 0.29) is 0 Å². The summed E-state index contributed by atoms with van der Waals surface area (Å²) in [6.07, 6.45) is 3.44. The van der Waals surface area contributed by atoms with Crippen LogP contribution in [0.1, 0.15) is 0 Å². The van der Waals surface area contributed by atoms with Gasteiger partial charge in [0, 0.05) is 0 Å². The van der Waals surface area contributed by atoms with E-state index in [1.165, 1.54) is 0 Å². The fourth-order valence-electron chi connectivity index (χ4n) is 1.37. The standard InChI is InChI=1S/C10H24IO3P/c1-12-5-8-15(4,11,9-6-13-2)10-7-14-3/h5-10H2,1-4H3. The van der Waals surface area contributed by atoms with E-state index in [0.717, 1.165) is 38.3 Å². The third-order valence-electron chi connectivity index (χ3n) is 2.76. The predicted octanol–water partition coefficient (Wildman–Crippen LogP) is 2.46. The van der Waals surface area contributed by atoms with Gasteiger partial charge in [-0.05, 0) is 0 Å². The monoisotopic (exact) mass is 350 g/mol. The molecule has 0 atom stereocenters. The van der Waals surface area contributed by atoms with Crippen molar-refractivity contribution in [2.45, 2.75) is 0 Å². The summed E-state index contributed by atoms with van der Waals surface area (Å²) in [6, 6.07) is 0. The SMILES string of the molecule is COCCP(C)(I)(CCOC)CCOC. The molecule has 15 heavy (non-hydrogen) atoms. The van der Waals surface area contributed by atoms with Crippen LogP contribution in [0.25, 0.3) is 0 Å². The molecule has 5 heteroatoms. The second-order valence-corrected chi connectivity index (χ2v) is 19.0. The van der Waals surface area contributed by atoms with Crippen LogP contribution in [-0.2, 0) is 14.2 Å². The third-order valence-corrected chi connectivity index (χ3v) is 11.4. The molecule has 0 aromatic rings. The normalized spacial score (nSPS) is 14.9. The van der Waals surface area contributed by atoms with E-state index in [1.807, 2.05) is 0 Å². The maximum absolute atomic E-state index is 5.21. The van der Waals surface area contributed by atoms with Gasteiger partial charge in [0.1, 0.15) is 0 Å². The fraction of sp³-hybridized carbons (Fsp3) is 1.00. The Morgan fingerprint density at radius 2 is 1.07 bits per heavy atom. The molecule has 0 spiro atoms. The number of ether oxygens (including phenoxy) is 3. The average Bonchev–Trinajstić information content (AvgIpc) is 2.22. The summed E-state index contributed by atoms with van der Waals surface area (Å²) in [4.78, 5) is 0. The fourth-order valence-corrected chi connectivity index (χ4v) is 5.89. The van der Waals surface area contributed by atoms with Crippen molar-refractivity contribution in [1.29, 1.82) is 0 Å². The van der Waals surface area contributed by atoms with Crippen LogP contribution in [0.2, 0.25) is 0 Å². The van der Waals surface area contributed by atoms with E-state index in [4.69, 9.17) is 14.2 Å². The average molecular weight is 350 g/mol. The summed E-state index contributed by atoms with van der Waals surface area (Å²) in [6.45, 7) is 4.92. The Morgan fingerprint density at radius 3 is 1.27 bits per heavy atom. The molecule has 0 aromatic carbocycles. The molecule has 0 saturated carbocycles. The number of rotatable bonds is 9. The van der Waals surface area contributed by atoms with Crippen LogP contribution >= 0.6 is 26.3 Å². The third kappa shape index (κ3) is 7.05. The zero-order valence-corrected chi connectivity index (χ0v) is 13.3. The summed E-state index contributed by atoms with van der Waals surface area (Å²) in [7, 11) is 5.29. The van der Waals surface area contributed by atoms with Gasteiger partial charge in [-0.2, -0.15) is 0 Å². The van der Waals surface area contributed by atoms with Gasteiger partial charge in [0.25, 0.3) is 0 Å². The summed E-state index contributed by atoms with van der Waals surface area (Å²) < 4.78 is 13.9. The molecule has 0 unspecified atom stereocenters. The zero-order valence-electron chi connectivity index (χ0n) is 10.3. The summed E-state index contributed by atoms with van der Waals surface area (Å²) >= 11 is 2.67. The Kier molecular flexibility index (Phi) is 7.89. The molecular weight excluding hydrogens is 326 g/mol. The van der Waals surface area contributed by atoms with Gasteiger partial charge in [0.15, 0.2) is 0 Å². The van der Waals surface area contributed by atoms with Crippen molar-refractivity contribution < 1.29 is 14.2 Å². The summed E-state index contributed by atoms with van der Waals surface area (Å²) in [5.74, 6) is 0. The molecule has 0 N–H and O–H groups in total. The van der Waals surface area contributed by atoms with Crippen molar-refractivity contribution in [3.63, 3.8) is 0 Å². The molecular formula is C10H24IO3P. The predicted molar refractivity (Wildman–Crippen MR) is 77.1 cm³/mol. The van der Waals surface area contributed by atoms with Gasteiger partial charge >= 0.3 is 107 Å². The molecule has 0 aliphatic rings. The first-order valence-corrected chi connectivity index (χ1v) is 11.2. The van der Waals surface area contributed by atoms with Crippen LogP contribution in [0.5, 0.6) is 0 Å². The first kappa shape index (κ1) is 16.0. The number of halogens is 1. The second kappa shape index (κ2) is 7.38. The molecule has 0 aromatic heterocycles. The number of hydrogen-bond donors (Lipinski definition) is 0. The number of methoxy groups -OCH3 is 3.